The first-order valence-corrected chi connectivity index (χ1v) is 8.47. The molecule has 2 unspecified atom stereocenters. The standard InChI is InChI=1S/C17H23ClN2O/c1-11-3-2-4-14(16(11)18)17-15(7-8-19-17)20-12-5-6-13(20)10-21-9-12/h2-4,12-13,15,17,19H,5-10H2,1H3/t12?,13?,15-,17-/m0/s1. The summed E-state index contributed by atoms with van der Waals surface area (Å²) in [4.78, 5) is 2.74. The molecular weight excluding hydrogens is 284 g/mol. The molecule has 114 valence electrons. The van der Waals surface area contributed by atoms with Crippen LogP contribution in [-0.4, -0.2) is 42.8 Å². The largest absolute Gasteiger partial charge is 0.378 e. The van der Waals surface area contributed by atoms with Gasteiger partial charge in [0.05, 0.1) is 13.2 Å². The molecule has 0 spiro atoms. The number of fused-ring (bicyclic) bond motifs is 2. The minimum atomic E-state index is 0.360. The maximum atomic E-state index is 6.58. The van der Waals surface area contributed by atoms with Gasteiger partial charge in [-0.2, -0.15) is 0 Å². The van der Waals surface area contributed by atoms with E-state index in [0.717, 1.165) is 24.8 Å². The fourth-order valence-electron chi connectivity index (χ4n) is 4.44. The summed E-state index contributed by atoms with van der Waals surface area (Å²) < 4.78 is 5.74. The van der Waals surface area contributed by atoms with E-state index < -0.39 is 0 Å². The first-order valence-electron chi connectivity index (χ1n) is 8.09. The molecule has 21 heavy (non-hydrogen) atoms. The predicted molar refractivity (Wildman–Crippen MR) is 84.8 cm³/mol. The summed E-state index contributed by atoms with van der Waals surface area (Å²) in [6.07, 6.45) is 3.78. The molecule has 3 heterocycles. The zero-order valence-corrected chi connectivity index (χ0v) is 13.3. The second kappa shape index (κ2) is 5.54. The van der Waals surface area contributed by atoms with Crippen LogP contribution in [0, 0.1) is 6.92 Å². The van der Waals surface area contributed by atoms with E-state index in [1.807, 2.05) is 0 Å². The second-order valence-electron chi connectivity index (χ2n) is 6.64. The van der Waals surface area contributed by atoms with Gasteiger partial charge in [-0.15, -0.1) is 0 Å². The first kappa shape index (κ1) is 14.0. The molecule has 1 aromatic carbocycles. The van der Waals surface area contributed by atoms with Crippen molar-refractivity contribution in [1.82, 2.24) is 10.2 Å². The number of ether oxygens (including phenoxy) is 1. The van der Waals surface area contributed by atoms with Gasteiger partial charge in [0.15, 0.2) is 0 Å². The normalized spacial score (nSPS) is 36.3. The van der Waals surface area contributed by atoms with Gasteiger partial charge in [0.1, 0.15) is 0 Å². The van der Waals surface area contributed by atoms with Crippen molar-refractivity contribution < 1.29 is 4.74 Å². The van der Waals surface area contributed by atoms with Crippen molar-refractivity contribution in [3.63, 3.8) is 0 Å². The van der Waals surface area contributed by atoms with Crippen LogP contribution in [0.5, 0.6) is 0 Å². The van der Waals surface area contributed by atoms with Gasteiger partial charge in [0, 0.05) is 29.2 Å². The summed E-state index contributed by atoms with van der Waals surface area (Å²) >= 11 is 6.58. The SMILES string of the molecule is Cc1cccc([C@@H]2NCC[C@@H]2N2C3CCC2COC3)c1Cl. The Bertz CT molecular complexity index is 520. The van der Waals surface area contributed by atoms with Gasteiger partial charge in [-0.1, -0.05) is 29.8 Å². The summed E-state index contributed by atoms with van der Waals surface area (Å²) in [6, 6.07) is 8.55. The fourth-order valence-corrected chi connectivity index (χ4v) is 4.68. The van der Waals surface area contributed by atoms with Crippen LogP contribution < -0.4 is 5.32 Å². The number of halogens is 1. The zero-order valence-electron chi connectivity index (χ0n) is 12.5. The molecule has 4 heteroatoms. The third kappa shape index (κ3) is 2.31. The van der Waals surface area contributed by atoms with Crippen LogP contribution in [0.15, 0.2) is 18.2 Å². The van der Waals surface area contributed by atoms with E-state index in [4.69, 9.17) is 16.3 Å². The molecule has 0 saturated carbocycles. The van der Waals surface area contributed by atoms with Gasteiger partial charge >= 0.3 is 0 Å². The van der Waals surface area contributed by atoms with Crippen LogP contribution >= 0.6 is 11.6 Å². The van der Waals surface area contributed by atoms with E-state index >= 15 is 0 Å². The quantitative estimate of drug-likeness (QED) is 0.909. The third-order valence-electron chi connectivity index (χ3n) is 5.43. The monoisotopic (exact) mass is 306 g/mol. The van der Waals surface area contributed by atoms with Gasteiger partial charge in [0.2, 0.25) is 0 Å². The topological polar surface area (TPSA) is 24.5 Å². The molecule has 3 aliphatic rings. The molecule has 3 nitrogen and oxygen atoms in total. The molecule has 3 saturated heterocycles. The number of nitrogens with zero attached hydrogens (tertiary/aromatic N) is 1. The molecule has 1 aromatic rings. The molecule has 0 aromatic heterocycles. The van der Waals surface area contributed by atoms with Crippen molar-refractivity contribution in [2.24, 2.45) is 0 Å². The lowest BCUT2D eigenvalue weighted by molar-refractivity contribution is -0.0387. The third-order valence-corrected chi connectivity index (χ3v) is 5.94. The van der Waals surface area contributed by atoms with E-state index in [0.29, 0.717) is 24.2 Å². The Morgan fingerprint density at radius 3 is 2.71 bits per heavy atom. The lowest BCUT2D eigenvalue weighted by Gasteiger charge is -2.41. The number of morpholine rings is 1. The Kier molecular flexibility index (Phi) is 3.70. The number of aryl methyl sites for hydroxylation is 1. The molecular formula is C17H23ClN2O. The summed E-state index contributed by atoms with van der Waals surface area (Å²) in [5.41, 5.74) is 2.44. The minimum absolute atomic E-state index is 0.360. The maximum Gasteiger partial charge on any atom is 0.0622 e. The lowest BCUT2D eigenvalue weighted by atomic mass is 9.96. The molecule has 0 aliphatic carbocycles. The highest BCUT2D eigenvalue weighted by molar-refractivity contribution is 6.32. The minimum Gasteiger partial charge on any atom is -0.378 e. The Labute approximate surface area is 131 Å². The summed E-state index contributed by atoms with van der Waals surface area (Å²) in [7, 11) is 0. The zero-order chi connectivity index (χ0) is 14.4. The van der Waals surface area contributed by atoms with E-state index in [1.165, 1.54) is 30.4 Å². The van der Waals surface area contributed by atoms with Gasteiger partial charge in [-0.25, -0.2) is 0 Å². The Morgan fingerprint density at radius 2 is 1.95 bits per heavy atom. The molecule has 1 N–H and O–H groups in total. The molecule has 4 atom stereocenters. The maximum absolute atomic E-state index is 6.58. The van der Waals surface area contributed by atoms with Crippen LogP contribution in [0.3, 0.4) is 0 Å². The van der Waals surface area contributed by atoms with E-state index in [9.17, 15) is 0 Å². The lowest BCUT2D eigenvalue weighted by Crippen LogP contribution is -2.52. The Hall–Kier alpha value is -0.610. The smallest absolute Gasteiger partial charge is 0.0622 e. The van der Waals surface area contributed by atoms with Crippen LogP contribution in [0.4, 0.5) is 0 Å². The van der Waals surface area contributed by atoms with Gasteiger partial charge in [-0.05, 0) is 43.9 Å². The van der Waals surface area contributed by atoms with Crippen molar-refractivity contribution in [2.75, 3.05) is 19.8 Å². The highest BCUT2D eigenvalue weighted by Gasteiger charge is 2.45. The summed E-state index contributed by atoms with van der Waals surface area (Å²) in [5.74, 6) is 0. The van der Waals surface area contributed by atoms with Crippen molar-refractivity contribution in [3.8, 4) is 0 Å². The van der Waals surface area contributed by atoms with Gasteiger partial charge in [-0.3, -0.25) is 4.90 Å². The van der Waals surface area contributed by atoms with E-state index in [2.05, 4.69) is 35.3 Å². The Morgan fingerprint density at radius 1 is 1.19 bits per heavy atom. The van der Waals surface area contributed by atoms with E-state index in [1.54, 1.807) is 0 Å². The number of rotatable bonds is 2. The van der Waals surface area contributed by atoms with Gasteiger partial charge < -0.3 is 10.1 Å². The van der Waals surface area contributed by atoms with Crippen LogP contribution in [0.1, 0.15) is 36.4 Å². The fraction of sp³-hybridized carbons (Fsp3) is 0.647. The Balaban J connectivity index is 1.65. The van der Waals surface area contributed by atoms with E-state index in [-0.39, 0.29) is 0 Å². The summed E-state index contributed by atoms with van der Waals surface area (Å²) in [6.45, 7) is 4.98. The van der Waals surface area contributed by atoms with Crippen molar-refractivity contribution in [2.45, 2.75) is 50.4 Å². The second-order valence-corrected chi connectivity index (χ2v) is 7.01. The summed E-state index contributed by atoms with van der Waals surface area (Å²) in [5, 5.41) is 4.62. The average Bonchev–Trinajstić information content (AvgIpc) is 3.03. The molecule has 0 amide bonds. The number of benzene rings is 1. The molecule has 3 aliphatic heterocycles. The average molecular weight is 307 g/mol. The highest BCUT2D eigenvalue weighted by Crippen LogP contribution is 2.40. The number of hydrogen-bond acceptors (Lipinski definition) is 3. The number of nitrogens with one attached hydrogen (secondary N) is 1. The van der Waals surface area contributed by atoms with Crippen LogP contribution in [0.25, 0.3) is 0 Å². The number of hydrogen-bond donors (Lipinski definition) is 1. The highest BCUT2D eigenvalue weighted by atomic mass is 35.5. The predicted octanol–water partition coefficient (Wildman–Crippen LogP) is 2.91. The molecule has 3 fully saturated rings. The van der Waals surface area contributed by atoms with Crippen molar-refractivity contribution >= 4 is 11.6 Å². The molecule has 0 radical (unpaired) electrons. The molecule has 4 rings (SSSR count). The van der Waals surface area contributed by atoms with Crippen LogP contribution in [0.2, 0.25) is 5.02 Å². The molecule has 2 bridgehead atoms. The van der Waals surface area contributed by atoms with Gasteiger partial charge in [0.25, 0.3) is 0 Å². The first-order chi connectivity index (χ1) is 10.3. The van der Waals surface area contributed by atoms with Crippen LogP contribution in [-0.2, 0) is 4.74 Å². The van der Waals surface area contributed by atoms with Crippen molar-refractivity contribution in [3.05, 3.63) is 34.3 Å². The van der Waals surface area contributed by atoms with Crippen molar-refractivity contribution in [1.29, 1.82) is 0 Å².